The van der Waals surface area contributed by atoms with E-state index >= 15 is 0 Å². The van der Waals surface area contributed by atoms with Crippen LogP contribution in [-0.4, -0.2) is 70.8 Å². The number of ether oxygens (including phenoxy) is 2. The van der Waals surface area contributed by atoms with Gasteiger partial charge in [-0.2, -0.15) is 0 Å². The third-order valence-corrected chi connectivity index (χ3v) is 8.93. The monoisotopic (exact) mass is 562 g/mol. The van der Waals surface area contributed by atoms with Gasteiger partial charge in [-0.3, -0.25) is 14.4 Å². The normalized spacial score (nSPS) is 31.8. The third kappa shape index (κ3) is 3.92. The summed E-state index contributed by atoms with van der Waals surface area (Å²) in [5.41, 5.74) is -0.363. The molecule has 208 valence electrons. The summed E-state index contributed by atoms with van der Waals surface area (Å²) in [6, 6.07) is 13.0. The van der Waals surface area contributed by atoms with Gasteiger partial charge >= 0.3 is 5.97 Å². The van der Waals surface area contributed by atoms with E-state index in [1.54, 1.807) is 42.2 Å². The molecule has 0 bridgehead atoms. The second-order valence-corrected chi connectivity index (χ2v) is 11.5. The predicted octanol–water partition coefficient (Wildman–Crippen LogP) is 3.24. The average Bonchev–Trinajstić information content (AvgIpc) is 3.20. The Hall–Kier alpha value is -3.46. The van der Waals surface area contributed by atoms with Crippen LogP contribution < -0.4 is 4.90 Å². The molecular formula is C31H31ClN2O6. The van der Waals surface area contributed by atoms with Crippen molar-refractivity contribution in [3.8, 4) is 0 Å². The summed E-state index contributed by atoms with van der Waals surface area (Å²) < 4.78 is 12.2. The molecule has 4 aliphatic rings. The van der Waals surface area contributed by atoms with Gasteiger partial charge < -0.3 is 24.4 Å². The topological polar surface area (TPSA) is 96.4 Å². The zero-order chi connectivity index (χ0) is 28.2. The Morgan fingerprint density at radius 3 is 2.52 bits per heavy atom. The van der Waals surface area contributed by atoms with E-state index in [0.717, 1.165) is 11.1 Å². The van der Waals surface area contributed by atoms with E-state index in [2.05, 4.69) is 0 Å². The third-order valence-electron chi connectivity index (χ3n) is 8.63. The molecule has 0 saturated carbocycles. The smallest absolute Gasteiger partial charge is 0.313 e. The van der Waals surface area contributed by atoms with Gasteiger partial charge in [0.2, 0.25) is 5.91 Å². The van der Waals surface area contributed by atoms with Crippen LogP contribution in [-0.2, 0) is 30.3 Å². The van der Waals surface area contributed by atoms with Crippen molar-refractivity contribution >= 4 is 35.1 Å². The highest BCUT2D eigenvalue weighted by Crippen LogP contribution is 2.58. The summed E-state index contributed by atoms with van der Waals surface area (Å²) in [5, 5.41) is 11.0. The van der Waals surface area contributed by atoms with E-state index in [1.807, 2.05) is 49.4 Å². The summed E-state index contributed by atoms with van der Waals surface area (Å²) in [5.74, 6) is -3.34. The van der Waals surface area contributed by atoms with E-state index in [0.29, 0.717) is 17.1 Å². The lowest BCUT2D eigenvalue weighted by molar-refractivity contribution is -0.157. The van der Waals surface area contributed by atoms with E-state index < -0.39 is 47.0 Å². The number of esters is 1. The molecule has 2 saturated heterocycles. The molecule has 2 amide bonds. The first-order chi connectivity index (χ1) is 19.2. The lowest BCUT2D eigenvalue weighted by atomic mass is 9.75. The van der Waals surface area contributed by atoms with E-state index in [4.69, 9.17) is 21.1 Å². The molecule has 8 nitrogen and oxygen atoms in total. The van der Waals surface area contributed by atoms with Crippen LogP contribution in [0.4, 0.5) is 5.69 Å². The maximum Gasteiger partial charge on any atom is 0.313 e. The molecule has 40 heavy (non-hydrogen) atoms. The zero-order valence-electron chi connectivity index (χ0n) is 22.3. The number of fused-ring (bicyclic) bond motifs is 2. The van der Waals surface area contributed by atoms with Gasteiger partial charge in [-0.25, -0.2) is 0 Å². The van der Waals surface area contributed by atoms with Crippen LogP contribution in [0.25, 0.3) is 0 Å². The molecule has 1 unspecified atom stereocenters. The summed E-state index contributed by atoms with van der Waals surface area (Å²) >= 11 is 6.61. The fourth-order valence-corrected chi connectivity index (χ4v) is 7.31. The molecule has 2 aromatic rings. The maximum atomic E-state index is 14.7. The largest absolute Gasteiger partial charge is 0.461 e. The number of cyclic esters (lactones) is 1. The highest BCUT2D eigenvalue weighted by Gasteiger charge is 2.75. The molecule has 6 atom stereocenters. The Morgan fingerprint density at radius 2 is 1.80 bits per heavy atom. The number of benzene rings is 2. The van der Waals surface area contributed by atoms with Crippen molar-refractivity contribution in [1.29, 1.82) is 0 Å². The van der Waals surface area contributed by atoms with Gasteiger partial charge in [-0.1, -0.05) is 72.3 Å². The number of carbonyl (C=O) groups is 3. The molecule has 1 N–H and O–H groups in total. The molecule has 2 aromatic carbocycles. The number of amides is 2. The summed E-state index contributed by atoms with van der Waals surface area (Å²) in [7, 11) is 0. The Labute approximate surface area is 237 Å². The number of halogens is 1. The van der Waals surface area contributed by atoms with Crippen molar-refractivity contribution in [1.82, 2.24) is 4.90 Å². The lowest BCUT2D eigenvalue weighted by Gasteiger charge is -2.40. The zero-order valence-corrected chi connectivity index (χ0v) is 23.1. The SMILES string of the molecule is Cc1cccc(Cl)c1N1CC=C[C@]23O[C@@]4(C)C=CCOC(=O)[C@H]4[C@H]2C(=O)N([C@@H](CO)Cc2ccccc2)C3C1=O. The number of likely N-dealkylation sites (tertiary alicyclic amines) is 1. The number of carbonyl (C=O) groups excluding carboxylic acids is 3. The Balaban J connectivity index is 1.52. The molecule has 9 heteroatoms. The Kier molecular flexibility index (Phi) is 6.60. The molecule has 1 spiro atoms. The highest BCUT2D eigenvalue weighted by atomic mass is 35.5. The second-order valence-electron chi connectivity index (χ2n) is 11.1. The highest BCUT2D eigenvalue weighted by molar-refractivity contribution is 6.34. The number of nitrogens with zero attached hydrogens (tertiary/aromatic N) is 2. The first kappa shape index (κ1) is 26.7. The number of anilines is 1. The Morgan fingerprint density at radius 1 is 1.02 bits per heavy atom. The standard InChI is InChI=1S/C31H31ClN2O6/c1-19-9-6-12-22(32)25(19)33-15-7-14-31-23(24-29(38)39-16-8-13-30(24,2)40-31)27(36)34(26(31)28(33)37)21(18-35)17-20-10-4-3-5-11-20/h3-14,21,23-24,26,35H,15-18H2,1-2H3/t21-,23+,24-,26?,30+,31+/m1/s1. The Bertz CT molecular complexity index is 1410. The van der Waals surface area contributed by atoms with Gasteiger partial charge in [-0.15, -0.1) is 0 Å². The maximum absolute atomic E-state index is 14.7. The van der Waals surface area contributed by atoms with E-state index in [9.17, 15) is 19.5 Å². The number of rotatable bonds is 5. The first-order valence-electron chi connectivity index (χ1n) is 13.5. The minimum Gasteiger partial charge on any atom is -0.461 e. The van der Waals surface area contributed by atoms with Crippen LogP contribution >= 0.6 is 11.6 Å². The van der Waals surface area contributed by atoms with E-state index in [1.165, 1.54) is 4.90 Å². The number of aliphatic hydroxyl groups excluding tert-OH is 1. The minimum absolute atomic E-state index is 0.0803. The van der Waals surface area contributed by atoms with E-state index in [-0.39, 0.29) is 25.7 Å². The quantitative estimate of drug-likeness (QED) is 0.444. The average molecular weight is 563 g/mol. The minimum atomic E-state index is -1.46. The fraction of sp³-hybridized carbons (Fsp3) is 0.387. The lowest BCUT2D eigenvalue weighted by Crippen LogP contribution is -2.59. The summed E-state index contributed by atoms with van der Waals surface area (Å²) in [6.07, 6.45) is 7.36. The van der Waals surface area contributed by atoms with Crippen molar-refractivity contribution in [3.63, 3.8) is 0 Å². The molecule has 0 radical (unpaired) electrons. The van der Waals surface area contributed by atoms with Gasteiger partial charge in [0.05, 0.1) is 34.9 Å². The van der Waals surface area contributed by atoms with Crippen LogP contribution in [0.3, 0.4) is 0 Å². The number of hydrogen-bond donors (Lipinski definition) is 1. The fourth-order valence-electron chi connectivity index (χ4n) is 6.99. The second kappa shape index (κ2) is 9.87. The number of hydrogen-bond acceptors (Lipinski definition) is 6. The molecule has 6 rings (SSSR count). The van der Waals surface area contributed by atoms with Crippen molar-refractivity contribution in [2.24, 2.45) is 11.8 Å². The molecule has 4 heterocycles. The van der Waals surface area contributed by atoms with Gasteiger partial charge in [0.25, 0.3) is 5.91 Å². The predicted molar refractivity (Wildman–Crippen MR) is 149 cm³/mol. The molecule has 0 aliphatic carbocycles. The summed E-state index contributed by atoms with van der Waals surface area (Å²) in [6.45, 7) is 3.53. The van der Waals surface area contributed by atoms with Gasteiger partial charge in [0, 0.05) is 6.54 Å². The molecular weight excluding hydrogens is 532 g/mol. The van der Waals surface area contributed by atoms with Crippen LogP contribution in [0.15, 0.2) is 72.8 Å². The van der Waals surface area contributed by atoms with Crippen LogP contribution in [0.2, 0.25) is 5.02 Å². The molecule has 0 aromatic heterocycles. The van der Waals surface area contributed by atoms with Gasteiger partial charge in [-0.05, 0) is 43.5 Å². The van der Waals surface area contributed by atoms with Gasteiger partial charge in [0.1, 0.15) is 24.2 Å². The van der Waals surface area contributed by atoms with Crippen LogP contribution in [0.1, 0.15) is 18.1 Å². The summed E-state index contributed by atoms with van der Waals surface area (Å²) in [4.78, 5) is 45.6. The van der Waals surface area contributed by atoms with Crippen molar-refractivity contribution in [2.75, 3.05) is 24.7 Å². The molecule has 4 aliphatic heterocycles. The molecule has 2 fully saturated rings. The van der Waals surface area contributed by atoms with Crippen molar-refractivity contribution in [2.45, 2.75) is 43.6 Å². The van der Waals surface area contributed by atoms with Gasteiger partial charge in [0.15, 0.2) is 0 Å². The van der Waals surface area contributed by atoms with Crippen LogP contribution in [0, 0.1) is 18.8 Å². The number of para-hydroxylation sites is 1. The number of aliphatic hydroxyl groups is 1. The van der Waals surface area contributed by atoms with Crippen LogP contribution in [0.5, 0.6) is 0 Å². The van der Waals surface area contributed by atoms with Crippen molar-refractivity contribution in [3.05, 3.63) is 89.0 Å². The first-order valence-corrected chi connectivity index (χ1v) is 13.9. The number of aryl methyl sites for hydroxylation is 1. The van der Waals surface area contributed by atoms with Crippen molar-refractivity contribution < 1.29 is 29.0 Å².